The molecule has 0 saturated heterocycles. The molecule has 1 saturated carbocycles. The van der Waals surface area contributed by atoms with E-state index in [0.717, 1.165) is 12.8 Å². The lowest BCUT2D eigenvalue weighted by atomic mass is 9.82. The number of nitrogens with zero attached hydrogens (tertiary/aromatic N) is 1. The number of carboxylic acids is 1. The second kappa shape index (κ2) is 5.12. The van der Waals surface area contributed by atoms with Crippen molar-refractivity contribution >= 4 is 5.97 Å². The molecule has 1 aromatic rings. The summed E-state index contributed by atoms with van der Waals surface area (Å²) in [6.45, 7) is 6.12. The zero-order valence-corrected chi connectivity index (χ0v) is 11.3. The van der Waals surface area contributed by atoms with Gasteiger partial charge in [-0.15, -0.1) is 0 Å². The summed E-state index contributed by atoms with van der Waals surface area (Å²) >= 11 is 0. The third kappa shape index (κ3) is 2.57. The molecule has 1 N–H and O–H groups in total. The van der Waals surface area contributed by atoms with Gasteiger partial charge in [-0.05, 0) is 24.7 Å². The Morgan fingerprint density at radius 1 is 1.44 bits per heavy atom. The van der Waals surface area contributed by atoms with Crippen LogP contribution in [0.3, 0.4) is 0 Å². The molecular weight excluding hydrogens is 230 g/mol. The molecule has 0 bridgehead atoms. The van der Waals surface area contributed by atoms with Crippen molar-refractivity contribution in [2.45, 2.75) is 58.3 Å². The summed E-state index contributed by atoms with van der Waals surface area (Å²) in [5, 5.41) is 9.14. The first kappa shape index (κ1) is 13.1. The number of oxazole rings is 1. The molecule has 2 rings (SSSR count). The van der Waals surface area contributed by atoms with E-state index >= 15 is 0 Å². The van der Waals surface area contributed by atoms with Crippen LogP contribution >= 0.6 is 0 Å². The zero-order valence-electron chi connectivity index (χ0n) is 11.3. The number of rotatable bonds is 3. The Labute approximate surface area is 107 Å². The van der Waals surface area contributed by atoms with Crippen molar-refractivity contribution in [2.75, 3.05) is 0 Å². The van der Waals surface area contributed by atoms with Crippen LogP contribution in [0.15, 0.2) is 4.42 Å². The molecule has 1 fully saturated rings. The fraction of sp³-hybridized carbons (Fsp3) is 0.714. The fourth-order valence-electron chi connectivity index (χ4n) is 2.73. The summed E-state index contributed by atoms with van der Waals surface area (Å²) in [5.41, 5.74) is 0.579. The number of carboxylic acid groups (broad SMARTS) is 1. The minimum Gasteiger partial charge on any atom is -0.475 e. The highest BCUT2D eigenvalue weighted by atomic mass is 16.4. The predicted octanol–water partition coefficient (Wildman–Crippen LogP) is 3.79. The Morgan fingerprint density at radius 2 is 2.17 bits per heavy atom. The first-order valence-electron chi connectivity index (χ1n) is 6.73. The molecule has 1 aromatic heterocycles. The maximum absolute atomic E-state index is 11.2. The normalized spacial score (nSPS) is 24.4. The second-order valence-corrected chi connectivity index (χ2v) is 5.70. The fourth-order valence-corrected chi connectivity index (χ4v) is 2.73. The molecule has 100 valence electrons. The molecule has 18 heavy (non-hydrogen) atoms. The van der Waals surface area contributed by atoms with Crippen LogP contribution in [-0.2, 0) is 0 Å². The quantitative estimate of drug-likeness (QED) is 0.887. The van der Waals surface area contributed by atoms with Gasteiger partial charge in [0, 0.05) is 5.92 Å². The number of carbonyl (C=O) groups is 1. The van der Waals surface area contributed by atoms with Crippen molar-refractivity contribution in [3.63, 3.8) is 0 Å². The van der Waals surface area contributed by atoms with Crippen molar-refractivity contribution in [2.24, 2.45) is 5.92 Å². The van der Waals surface area contributed by atoms with Gasteiger partial charge in [-0.3, -0.25) is 0 Å². The van der Waals surface area contributed by atoms with Crippen molar-refractivity contribution < 1.29 is 14.3 Å². The van der Waals surface area contributed by atoms with Crippen LogP contribution in [0.25, 0.3) is 0 Å². The maximum atomic E-state index is 11.2. The van der Waals surface area contributed by atoms with Gasteiger partial charge in [0.25, 0.3) is 0 Å². The highest BCUT2D eigenvalue weighted by Gasteiger charge is 2.28. The molecule has 0 aliphatic heterocycles. The summed E-state index contributed by atoms with van der Waals surface area (Å²) in [6, 6.07) is 0. The summed E-state index contributed by atoms with van der Waals surface area (Å²) in [6.07, 6.45) is 4.53. The molecule has 1 heterocycles. The first-order chi connectivity index (χ1) is 8.49. The second-order valence-electron chi connectivity index (χ2n) is 5.70. The lowest BCUT2D eigenvalue weighted by molar-refractivity contribution is 0.0656. The van der Waals surface area contributed by atoms with E-state index in [1.165, 1.54) is 12.8 Å². The monoisotopic (exact) mass is 251 g/mol. The number of hydrogen-bond acceptors (Lipinski definition) is 3. The van der Waals surface area contributed by atoms with E-state index in [9.17, 15) is 4.79 Å². The molecule has 0 aromatic carbocycles. The van der Waals surface area contributed by atoms with E-state index in [-0.39, 0.29) is 11.7 Å². The lowest BCUT2D eigenvalue weighted by Gasteiger charge is -2.24. The minimum absolute atomic E-state index is 0.0261. The Bertz CT molecular complexity index is 436. The molecule has 0 unspecified atom stereocenters. The van der Waals surface area contributed by atoms with Gasteiger partial charge in [-0.1, -0.05) is 33.6 Å². The van der Waals surface area contributed by atoms with Gasteiger partial charge in [0.2, 0.25) is 5.76 Å². The number of aromatic carboxylic acids is 1. The molecule has 1 aliphatic carbocycles. The SMILES string of the molecule is CC(C)c1nc([C@H]2CCC[C@H](C)C2)oc1C(=O)O. The van der Waals surface area contributed by atoms with Crippen LogP contribution < -0.4 is 0 Å². The van der Waals surface area contributed by atoms with E-state index in [4.69, 9.17) is 9.52 Å². The predicted molar refractivity (Wildman–Crippen MR) is 67.9 cm³/mol. The Hall–Kier alpha value is -1.32. The summed E-state index contributed by atoms with van der Waals surface area (Å²) in [7, 11) is 0. The lowest BCUT2D eigenvalue weighted by Crippen LogP contribution is -2.12. The number of hydrogen-bond donors (Lipinski definition) is 1. The third-order valence-corrected chi connectivity index (χ3v) is 3.70. The largest absolute Gasteiger partial charge is 0.475 e. The van der Waals surface area contributed by atoms with Crippen molar-refractivity contribution in [3.05, 3.63) is 17.3 Å². The molecule has 0 amide bonds. The van der Waals surface area contributed by atoms with Crippen LogP contribution in [0.1, 0.15) is 80.4 Å². The smallest absolute Gasteiger partial charge is 0.373 e. The van der Waals surface area contributed by atoms with Crippen LogP contribution in [0, 0.1) is 5.92 Å². The summed E-state index contributed by atoms with van der Waals surface area (Å²) in [4.78, 5) is 15.6. The highest BCUT2D eigenvalue weighted by molar-refractivity contribution is 5.85. The van der Waals surface area contributed by atoms with Crippen molar-refractivity contribution in [3.8, 4) is 0 Å². The highest BCUT2D eigenvalue weighted by Crippen LogP contribution is 2.36. The van der Waals surface area contributed by atoms with Gasteiger partial charge in [0.05, 0.1) is 5.69 Å². The van der Waals surface area contributed by atoms with Gasteiger partial charge in [0.1, 0.15) is 0 Å². The zero-order chi connectivity index (χ0) is 13.3. The van der Waals surface area contributed by atoms with Crippen LogP contribution in [0.4, 0.5) is 0 Å². The maximum Gasteiger partial charge on any atom is 0.373 e. The van der Waals surface area contributed by atoms with Crippen LogP contribution in [-0.4, -0.2) is 16.1 Å². The van der Waals surface area contributed by atoms with E-state index in [0.29, 0.717) is 23.4 Å². The standard InChI is InChI=1S/C14H21NO3/c1-8(2)11-12(14(16)17)18-13(15-11)10-6-4-5-9(3)7-10/h8-10H,4-7H2,1-3H3,(H,16,17)/t9-,10-/m0/s1. The van der Waals surface area contributed by atoms with Crippen LogP contribution in [0.5, 0.6) is 0 Å². The average molecular weight is 251 g/mol. The molecule has 4 heteroatoms. The van der Waals surface area contributed by atoms with Gasteiger partial charge < -0.3 is 9.52 Å². The summed E-state index contributed by atoms with van der Waals surface area (Å²) < 4.78 is 5.51. The van der Waals surface area contributed by atoms with E-state index in [1.54, 1.807) is 0 Å². The summed E-state index contributed by atoms with van der Waals surface area (Å²) in [5.74, 6) is 0.683. The topological polar surface area (TPSA) is 63.3 Å². The molecule has 0 radical (unpaired) electrons. The van der Waals surface area contributed by atoms with Crippen molar-refractivity contribution in [1.82, 2.24) is 4.98 Å². The minimum atomic E-state index is -1.01. The van der Waals surface area contributed by atoms with E-state index in [2.05, 4.69) is 11.9 Å². The molecule has 4 nitrogen and oxygen atoms in total. The Kier molecular flexibility index (Phi) is 3.73. The van der Waals surface area contributed by atoms with Crippen LogP contribution in [0.2, 0.25) is 0 Å². The molecule has 1 aliphatic rings. The van der Waals surface area contributed by atoms with E-state index in [1.807, 2.05) is 13.8 Å². The van der Waals surface area contributed by atoms with Gasteiger partial charge in [-0.2, -0.15) is 0 Å². The van der Waals surface area contributed by atoms with E-state index < -0.39 is 5.97 Å². The molecule has 0 spiro atoms. The molecular formula is C14H21NO3. The van der Waals surface area contributed by atoms with Gasteiger partial charge >= 0.3 is 5.97 Å². The Morgan fingerprint density at radius 3 is 2.67 bits per heavy atom. The molecule has 2 atom stereocenters. The van der Waals surface area contributed by atoms with Gasteiger partial charge in [-0.25, -0.2) is 9.78 Å². The number of aromatic nitrogens is 1. The van der Waals surface area contributed by atoms with Gasteiger partial charge in [0.15, 0.2) is 5.89 Å². The average Bonchev–Trinajstić information content (AvgIpc) is 2.73. The van der Waals surface area contributed by atoms with Crippen molar-refractivity contribution in [1.29, 1.82) is 0 Å². The first-order valence-corrected chi connectivity index (χ1v) is 6.73. The third-order valence-electron chi connectivity index (χ3n) is 3.70. The Balaban J connectivity index is 2.28.